The van der Waals surface area contributed by atoms with Crippen molar-refractivity contribution in [2.75, 3.05) is 17.6 Å². The van der Waals surface area contributed by atoms with E-state index in [-0.39, 0.29) is 16.8 Å². The quantitative estimate of drug-likeness (QED) is 0.792. The van der Waals surface area contributed by atoms with E-state index in [1.54, 1.807) is 0 Å². The summed E-state index contributed by atoms with van der Waals surface area (Å²) in [6, 6.07) is 3.91. The number of nitrogens with one attached hydrogen (secondary N) is 1. The monoisotopic (exact) mass is 286 g/mol. The Kier molecular flexibility index (Phi) is 4.16. The van der Waals surface area contributed by atoms with Crippen molar-refractivity contribution in [2.45, 2.75) is 45.2 Å². The summed E-state index contributed by atoms with van der Waals surface area (Å²) in [5.41, 5.74) is 5.12. The molecule has 0 atom stereocenters. The molecule has 0 spiro atoms. The van der Waals surface area contributed by atoms with Crippen molar-refractivity contribution in [3.8, 4) is 0 Å². The van der Waals surface area contributed by atoms with E-state index >= 15 is 0 Å². The van der Waals surface area contributed by atoms with E-state index in [1.807, 2.05) is 0 Å². The van der Waals surface area contributed by atoms with Crippen molar-refractivity contribution in [3.63, 3.8) is 0 Å². The lowest BCUT2D eigenvalue weighted by atomic mass is 9.75. The minimum Gasteiger partial charge on any atom is -0.399 e. The van der Waals surface area contributed by atoms with Gasteiger partial charge in [0.05, 0.1) is 5.56 Å². The highest BCUT2D eigenvalue weighted by molar-refractivity contribution is 5.59. The van der Waals surface area contributed by atoms with Crippen LogP contribution < -0.4 is 11.1 Å². The van der Waals surface area contributed by atoms with Crippen molar-refractivity contribution in [1.82, 2.24) is 0 Å². The molecule has 0 aliphatic heterocycles. The van der Waals surface area contributed by atoms with Gasteiger partial charge in [-0.25, -0.2) is 0 Å². The van der Waals surface area contributed by atoms with Gasteiger partial charge in [-0.05, 0) is 36.5 Å². The number of hydrogen-bond acceptors (Lipinski definition) is 2. The van der Waals surface area contributed by atoms with Crippen molar-refractivity contribution < 1.29 is 13.2 Å². The van der Waals surface area contributed by atoms with Gasteiger partial charge in [0.25, 0.3) is 0 Å². The molecule has 1 aliphatic carbocycles. The second-order valence-electron chi connectivity index (χ2n) is 6.03. The Morgan fingerprint density at radius 1 is 1.20 bits per heavy atom. The van der Waals surface area contributed by atoms with Crippen LogP contribution in [0.3, 0.4) is 0 Å². The lowest BCUT2D eigenvalue weighted by molar-refractivity contribution is -0.136. The summed E-state index contributed by atoms with van der Waals surface area (Å²) in [5.74, 6) is 0. The molecule has 2 rings (SSSR count). The van der Waals surface area contributed by atoms with Crippen molar-refractivity contribution in [2.24, 2.45) is 5.41 Å². The number of hydrogen-bond donors (Lipinski definition) is 2. The number of nitrogens with two attached hydrogens (primary N) is 1. The first-order valence-corrected chi connectivity index (χ1v) is 7.01. The summed E-state index contributed by atoms with van der Waals surface area (Å²) in [5, 5.41) is 2.98. The third kappa shape index (κ3) is 3.58. The Balaban J connectivity index is 2.13. The molecular weight excluding hydrogens is 265 g/mol. The first-order chi connectivity index (χ1) is 9.30. The van der Waals surface area contributed by atoms with Gasteiger partial charge in [0.2, 0.25) is 0 Å². The summed E-state index contributed by atoms with van der Waals surface area (Å²) < 4.78 is 39.0. The number of halogens is 3. The summed E-state index contributed by atoms with van der Waals surface area (Å²) in [4.78, 5) is 0. The Hall–Kier alpha value is -1.39. The number of nitrogen functional groups attached to an aromatic ring is 1. The van der Waals surface area contributed by atoms with Crippen LogP contribution in [0.25, 0.3) is 0 Å². The summed E-state index contributed by atoms with van der Waals surface area (Å²) >= 11 is 0. The minimum atomic E-state index is -4.38. The van der Waals surface area contributed by atoms with Crippen molar-refractivity contribution >= 4 is 11.4 Å². The molecule has 1 fully saturated rings. The fourth-order valence-corrected chi connectivity index (χ4v) is 2.84. The van der Waals surface area contributed by atoms with Crippen LogP contribution in [0.5, 0.6) is 0 Å². The zero-order valence-corrected chi connectivity index (χ0v) is 11.7. The van der Waals surface area contributed by atoms with E-state index in [4.69, 9.17) is 5.73 Å². The zero-order valence-electron chi connectivity index (χ0n) is 11.7. The first-order valence-electron chi connectivity index (χ1n) is 7.01. The van der Waals surface area contributed by atoms with E-state index in [0.717, 1.165) is 31.7 Å². The van der Waals surface area contributed by atoms with Gasteiger partial charge in [0.1, 0.15) is 0 Å². The van der Waals surface area contributed by atoms with E-state index < -0.39 is 11.7 Å². The largest absolute Gasteiger partial charge is 0.418 e. The predicted molar refractivity (Wildman–Crippen MR) is 75.5 cm³/mol. The van der Waals surface area contributed by atoms with E-state index in [2.05, 4.69) is 12.2 Å². The Bertz CT molecular complexity index is 463. The molecule has 1 aromatic carbocycles. The number of rotatable bonds is 3. The molecule has 5 heteroatoms. The molecule has 0 amide bonds. The molecule has 1 aliphatic rings. The molecule has 112 valence electrons. The number of benzene rings is 1. The normalized spacial score (nSPS) is 18.8. The summed E-state index contributed by atoms with van der Waals surface area (Å²) in [6.45, 7) is 2.71. The Morgan fingerprint density at radius 2 is 1.85 bits per heavy atom. The topological polar surface area (TPSA) is 38.0 Å². The minimum absolute atomic E-state index is 0.0858. The van der Waals surface area contributed by atoms with Crippen molar-refractivity contribution in [1.29, 1.82) is 0 Å². The van der Waals surface area contributed by atoms with E-state index in [1.165, 1.54) is 18.6 Å². The Labute approximate surface area is 117 Å². The third-order valence-electron chi connectivity index (χ3n) is 4.12. The van der Waals surface area contributed by atoms with Crippen LogP contribution in [0.2, 0.25) is 0 Å². The molecule has 1 saturated carbocycles. The number of anilines is 2. The number of alkyl halides is 3. The molecular formula is C15H21F3N2. The highest BCUT2D eigenvalue weighted by atomic mass is 19.4. The second-order valence-corrected chi connectivity index (χ2v) is 6.03. The summed E-state index contributed by atoms with van der Waals surface area (Å²) in [6.07, 6.45) is 1.29. The van der Waals surface area contributed by atoms with Crippen LogP contribution in [0.4, 0.5) is 24.5 Å². The summed E-state index contributed by atoms with van der Waals surface area (Å²) in [7, 11) is 0. The maximum absolute atomic E-state index is 13.0. The lowest BCUT2D eigenvalue weighted by Crippen LogP contribution is -2.29. The average Bonchev–Trinajstić information content (AvgIpc) is 2.37. The van der Waals surface area contributed by atoms with Crippen LogP contribution in [0.1, 0.15) is 44.6 Å². The maximum atomic E-state index is 13.0. The molecule has 0 radical (unpaired) electrons. The van der Waals surface area contributed by atoms with Gasteiger partial charge in [-0.15, -0.1) is 0 Å². The smallest absolute Gasteiger partial charge is 0.399 e. The van der Waals surface area contributed by atoms with Gasteiger partial charge in [-0.1, -0.05) is 26.2 Å². The fraction of sp³-hybridized carbons (Fsp3) is 0.600. The van der Waals surface area contributed by atoms with E-state index in [9.17, 15) is 13.2 Å². The molecule has 1 aromatic rings. The SMILES string of the molecule is CC1(CNc2ccc(N)cc2C(F)(F)F)CCCCC1. The molecule has 3 N–H and O–H groups in total. The highest BCUT2D eigenvalue weighted by Crippen LogP contribution is 2.39. The lowest BCUT2D eigenvalue weighted by Gasteiger charge is -2.34. The molecule has 0 bridgehead atoms. The average molecular weight is 286 g/mol. The standard InChI is InChI=1S/C15H21F3N2/c1-14(7-3-2-4-8-14)10-20-13-6-5-11(19)9-12(13)15(16,17)18/h5-6,9,20H,2-4,7-8,10,19H2,1H3. The van der Waals surface area contributed by atoms with Crippen molar-refractivity contribution in [3.05, 3.63) is 23.8 Å². The van der Waals surface area contributed by atoms with Crippen LogP contribution in [0.15, 0.2) is 18.2 Å². The predicted octanol–water partition coefficient (Wildman–Crippen LogP) is 4.67. The molecule has 0 saturated heterocycles. The molecule has 0 aromatic heterocycles. The molecule has 0 unspecified atom stereocenters. The van der Waals surface area contributed by atoms with Gasteiger partial charge in [0.15, 0.2) is 0 Å². The first kappa shape index (κ1) is 15.0. The van der Waals surface area contributed by atoms with Crippen LogP contribution >= 0.6 is 0 Å². The fourth-order valence-electron chi connectivity index (χ4n) is 2.84. The molecule has 0 heterocycles. The van der Waals surface area contributed by atoms with Crippen LogP contribution in [-0.2, 0) is 6.18 Å². The van der Waals surface area contributed by atoms with Gasteiger partial charge in [0, 0.05) is 17.9 Å². The zero-order chi connectivity index (χ0) is 14.8. The van der Waals surface area contributed by atoms with Gasteiger partial charge in [-0.3, -0.25) is 0 Å². The highest BCUT2D eigenvalue weighted by Gasteiger charge is 2.34. The molecule has 20 heavy (non-hydrogen) atoms. The molecule has 2 nitrogen and oxygen atoms in total. The van der Waals surface area contributed by atoms with E-state index in [0.29, 0.717) is 6.54 Å². The Morgan fingerprint density at radius 3 is 2.45 bits per heavy atom. The van der Waals surface area contributed by atoms with Crippen LogP contribution in [-0.4, -0.2) is 6.54 Å². The third-order valence-corrected chi connectivity index (χ3v) is 4.12. The van der Waals surface area contributed by atoms with Gasteiger partial charge < -0.3 is 11.1 Å². The van der Waals surface area contributed by atoms with Gasteiger partial charge in [-0.2, -0.15) is 13.2 Å². The maximum Gasteiger partial charge on any atom is 0.418 e. The van der Waals surface area contributed by atoms with Gasteiger partial charge >= 0.3 is 6.18 Å². The second kappa shape index (κ2) is 5.54. The van der Waals surface area contributed by atoms with Crippen LogP contribution in [0, 0.1) is 5.41 Å².